The van der Waals surface area contributed by atoms with Crippen LogP contribution in [0.5, 0.6) is 0 Å². The molecule has 0 bridgehead atoms. The van der Waals surface area contributed by atoms with E-state index in [1.54, 1.807) is 12.1 Å². The predicted octanol–water partition coefficient (Wildman–Crippen LogP) is 3.36. The molecule has 0 saturated carbocycles. The van der Waals surface area contributed by atoms with E-state index in [2.05, 4.69) is 20.5 Å². The number of H-pyrrole nitrogens is 1. The highest BCUT2D eigenvalue weighted by molar-refractivity contribution is 7.98. The van der Waals surface area contributed by atoms with E-state index in [9.17, 15) is 14.0 Å². The third-order valence-electron chi connectivity index (χ3n) is 4.75. The summed E-state index contributed by atoms with van der Waals surface area (Å²) in [5, 5.41) is 9.96. The summed E-state index contributed by atoms with van der Waals surface area (Å²) in [7, 11) is 0. The number of aromatic amines is 1. The molecule has 0 spiro atoms. The fourth-order valence-corrected chi connectivity index (χ4v) is 3.93. The van der Waals surface area contributed by atoms with E-state index < -0.39 is 18.0 Å². The molecule has 1 aliphatic rings. The Labute approximate surface area is 182 Å². The molecule has 1 aliphatic heterocycles. The molecule has 2 N–H and O–H groups in total. The van der Waals surface area contributed by atoms with Gasteiger partial charge in [-0.1, -0.05) is 36.0 Å². The molecule has 0 radical (unpaired) electrons. The van der Waals surface area contributed by atoms with Crippen LogP contribution in [-0.2, 0) is 15.3 Å². The van der Waals surface area contributed by atoms with Gasteiger partial charge in [0.05, 0.1) is 18.8 Å². The first-order valence-corrected chi connectivity index (χ1v) is 10.6. The Kier molecular flexibility index (Phi) is 6.17. The van der Waals surface area contributed by atoms with Crippen molar-refractivity contribution in [3.05, 3.63) is 60.2 Å². The van der Waals surface area contributed by atoms with Crippen LogP contribution in [0.25, 0.3) is 11.1 Å². The van der Waals surface area contributed by atoms with Gasteiger partial charge in [0.2, 0.25) is 5.91 Å². The van der Waals surface area contributed by atoms with E-state index in [0.717, 1.165) is 16.3 Å². The van der Waals surface area contributed by atoms with Crippen molar-refractivity contribution >= 4 is 29.4 Å². The molecule has 1 unspecified atom stereocenters. The summed E-state index contributed by atoms with van der Waals surface area (Å²) in [4.78, 5) is 28.6. The third-order valence-corrected chi connectivity index (χ3v) is 5.70. The Hall–Kier alpha value is -3.40. The Morgan fingerprint density at radius 1 is 1.32 bits per heavy atom. The average Bonchev–Trinajstić information content (AvgIpc) is 3.41. The largest absolute Gasteiger partial charge is 0.442 e. The van der Waals surface area contributed by atoms with Crippen molar-refractivity contribution in [2.45, 2.75) is 23.9 Å². The molecule has 4 rings (SSSR count). The van der Waals surface area contributed by atoms with Crippen LogP contribution >= 0.6 is 11.8 Å². The Balaban J connectivity index is 1.42. The van der Waals surface area contributed by atoms with Crippen LogP contribution in [0.4, 0.5) is 14.9 Å². The lowest BCUT2D eigenvalue weighted by Gasteiger charge is -2.14. The maximum atomic E-state index is 14.8. The predicted molar refractivity (Wildman–Crippen MR) is 114 cm³/mol. The second-order valence-electron chi connectivity index (χ2n) is 6.99. The van der Waals surface area contributed by atoms with E-state index in [4.69, 9.17) is 4.74 Å². The molecule has 1 fully saturated rings. The molecule has 2 aromatic carbocycles. The molecule has 160 valence electrons. The summed E-state index contributed by atoms with van der Waals surface area (Å²) in [6.45, 7) is 1.86. The van der Waals surface area contributed by atoms with Gasteiger partial charge in [0.1, 0.15) is 18.2 Å². The molecule has 1 saturated heterocycles. The number of hydrogen-bond donors (Lipinski definition) is 2. The van der Waals surface area contributed by atoms with E-state index in [1.165, 1.54) is 36.0 Å². The van der Waals surface area contributed by atoms with E-state index in [0.29, 0.717) is 17.0 Å². The number of ether oxygens (including phenoxy) is 1. The Morgan fingerprint density at radius 3 is 2.81 bits per heavy atom. The zero-order valence-corrected chi connectivity index (χ0v) is 17.5. The Bertz CT molecular complexity index is 1080. The van der Waals surface area contributed by atoms with Crippen molar-refractivity contribution < 1.29 is 18.7 Å². The number of halogens is 1. The number of carbonyl (C=O) groups is 2. The molecule has 2 amide bonds. The van der Waals surface area contributed by atoms with Crippen LogP contribution < -0.4 is 10.2 Å². The van der Waals surface area contributed by atoms with Crippen LogP contribution in [0, 0.1) is 5.82 Å². The smallest absolute Gasteiger partial charge is 0.414 e. The second kappa shape index (κ2) is 9.17. The number of nitrogens with zero attached hydrogens (tertiary/aromatic N) is 3. The van der Waals surface area contributed by atoms with Crippen molar-refractivity contribution in [2.24, 2.45) is 0 Å². The van der Waals surface area contributed by atoms with Crippen LogP contribution in [0.2, 0.25) is 0 Å². The minimum Gasteiger partial charge on any atom is -0.442 e. The summed E-state index contributed by atoms with van der Waals surface area (Å²) in [5.74, 6) is 0.0834. The number of amides is 2. The number of carbonyl (C=O) groups excluding carboxylic acids is 2. The number of cyclic esters (lactones) is 1. The summed E-state index contributed by atoms with van der Waals surface area (Å²) < 4.78 is 20.1. The minimum absolute atomic E-state index is 0.201. The SMILES string of the molecule is CC(=O)NCC1CN(c2ccc(-c3ccc(CSc4ncn[nH]4)cc3)c(F)c2)C(=O)O1. The summed E-state index contributed by atoms with van der Waals surface area (Å²) in [5.41, 5.74) is 2.68. The van der Waals surface area contributed by atoms with E-state index in [1.807, 2.05) is 24.3 Å². The first kappa shape index (κ1) is 20.9. The molecule has 31 heavy (non-hydrogen) atoms. The number of nitrogens with one attached hydrogen (secondary N) is 2. The lowest BCUT2D eigenvalue weighted by molar-refractivity contribution is -0.119. The highest BCUT2D eigenvalue weighted by atomic mass is 32.2. The molecular formula is C21H20FN5O3S. The average molecular weight is 441 g/mol. The zero-order valence-electron chi connectivity index (χ0n) is 16.7. The standard InChI is InChI=1S/C21H20FN5O3S/c1-13(28)23-9-17-10-27(21(29)30-17)16-6-7-18(19(22)8-16)15-4-2-14(3-5-15)11-31-20-24-12-25-26-20/h2-8,12,17H,9-11H2,1H3,(H,23,28)(H,24,25,26). The van der Waals surface area contributed by atoms with Crippen molar-refractivity contribution in [2.75, 3.05) is 18.0 Å². The van der Waals surface area contributed by atoms with Gasteiger partial charge >= 0.3 is 6.09 Å². The topological polar surface area (TPSA) is 100 Å². The number of anilines is 1. The van der Waals surface area contributed by atoms with Gasteiger partial charge < -0.3 is 10.1 Å². The van der Waals surface area contributed by atoms with Crippen LogP contribution in [0.15, 0.2) is 53.9 Å². The fourth-order valence-electron chi connectivity index (χ4n) is 3.20. The van der Waals surface area contributed by atoms with Gasteiger partial charge in [-0.25, -0.2) is 14.2 Å². The van der Waals surface area contributed by atoms with Crippen molar-refractivity contribution in [1.29, 1.82) is 0 Å². The maximum absolute atomic E-state index is 14.8. The monoisotopic (exact) mass is 441 g/mol. The highest BCUT2D eigenvalue weighted by Crippen LogP contribution is 2.30. The van der Waals surface area contributed by atoms with Crippen LogP contribution in [0.3, 0.4) is 0 Å². The molecule has 8 nitrogen and oxygen atoms in total. The van der Waals surface area contributed by atoms with Gasteiger partial charge in [-0.15, -0.1) is 0 Å². The normalized spacial score (nSPS) is 15.7. The van der Waals surface area contributed by atoms with Gasteiger partial charge in [0, 0.05) is 18.2 Å². The molecule has 3 aromatic rings. The summed E-state index contributed by atoms with van der Waals surface area (Å²) in [6.07, 6.45) is 0.431. The Morgan fingerprint density at radius 2 is 2.13 bits per heavy atom. The van der Waals surface area contributed by atoms with Gasteiger partial charge in [-0.2, -0.15) is 5.10 Å². The fraction of sp³-hybridized carbons (Fsp3) is 0.238. The van der Waals surface area contributed by atoms with E-state index >= 15 is 0 Å². The molecule has 2 heterocycles. The second-order valence-corrected chi connectivity index (χ2v) is 7.96. The van der Waals surface area contributed by atoms with Gasteiger partial charge in [0.15, 0.2) is 5.16 Å². The quantitative estimate of drug-likeness (QED) is 0.546. The van der Waals surface area contributed by atoms with Crippen molar-refractivity contribution in [1.82, 2.24) is 20.5 Å². The first-order valence-electron chi connectivity index (χ1n) is 9.59. The summed E-state index contributed by atoms with van der Waals surface area (Å²) >= 11 is 1.53. The zero-order chi connectivity index (χ0) is 21.8. The van der Waals surface area contributed by atoms with Crippen molar-refractivity contribution in [3.63, 3.8) is 0 Å². The molecular weight excluding hydrogens is 421 g/mol. The lowest BCUT2D eigenvalue weighted by atomic mass is 10.0. The third kappa shape index (κ3) is 5.02. The summed E-state index contributed by atoms with van der Waals surface area (Å²) in [6, 6.07) is 12.3. The highest BCUT2D eigenvalue weighted by Gasteiger charge is 2.32. The minimum atomic E-state index is -0.559. The van der Waals surface area contributed by atoms with E-state index in [-0.39, 0.29) is 19.0 Å². The van der Waals surface area contributed by atoms with Gasteiger partial charge in [0.25, 0.3) is 0 Å². The molecule has 1 aromatic heterocycles. The van der Waals surface area contributed by atoms with Crippen LogP contribution in [-0.4, -0.2) is 46.4 Å². The molecule has 1 atom stereocenters. The van der Waals surface area contributed by atoms with Crippen LogP contribution in [0.1, 0.15) is 12.5 Å². The number of hydrogen-bond acceptors (Lipinski definition) is 6. The van der Waals surface area contributed by atoms with Gasteiger partial charge in [-0.05, 0) is 29.3 Å². The molecule has 0 aliphatic carbocycles. The number of aromatic nitrogens is 3. The van der Waals surface area contributed by atoms with Crippen molar-refractivity contribution in [3.8, 4) is 11.1 Å². The lowest BCUT2D eigenvalue weighted by Crippen LogP contribution is -2.33. The molecule has 10 heteroatoms. The number of rotatable bonds is 7. The number of thioether (sulfide) groups is 1. The van der Waals surface area contributed by atoms with Gasteiger partial charge in [-0.3, -0.25) is 14.8 Å². The maximum Gasteiger partial charge on any atom is 0.414 e. The first-order chi connectivity index (χ1) is 15.0. The number of benzene rings is 2.